The van der Waals surface area contributed by atoms with Gasteiger partial charge in [-0.1, -0.05) is 30.3 Å². The second-order valence-electron chi connectivity index (χ2n) is 4.44. The molecular weight excluding hydrogens is 216 g/mol. The monoisotopic (exact) mass is 234 g/mol. The van der Waals surface area contributed by atoms with Gasteiger partial charge in [0, 0.05) is 20.1 Å². The third kappa shape index (κ3) is 2.84. The highest BCUT2D eigenvalue weighted by Crippen LogP contribution is 2.13. The Balaban J connectivity index is 1.85. The first-order valence-electron chi connectivity index (χ1n) is 5.90. The summed E-state index contributed by atoms with van der Waals surface area (Å²) in [5.74, 6) is 0.116. The maximum absolute atomic E-state index is 11.6. The van der Waals surface area contributed by atoms with Gasteiger partial charge in [-0.15, -0.1) is 0 Å². The first-order valence-corrected chi connectivity index (χ1v) is 5.90. The van der Waals surface area contributed by atoms with E-state index in [0.717, 1.165) is 18.5 Å². The minimum atomic E-state index is -0.560. The van der Waals surface area contributed by atoms with Crippen LogP contribution in [0.1, 0.15) is 18.1 Å². The van der Waals surface area contributed by atoms with Crippen LogP contribution in [-0.4, -0.2) is 42.1 Å². The molecule has 4 heteroatoms. The average molecular weight is 234 g/mol. The number of nitrogens with one attached hydrogen (secondary N) is 1. The van der Waals surface area contributed by atoms with Gasteiger partial charge in [-0.3, -0.25) is 4.79 Å². The summed E-state index contributed by atoms with van der Waals surface area (Å²) in [5.41, 5.74) is 0.874. The van der Waals surface area contributed by atoms with E-state index >= 15 is 0 Å². The van der Waals surface area contributed by atoms with Crippen molar-refractivity contribution in [2.75, 3.05) is 20.1 Å². The summed E-state index contributed by atoms with van der Waals surface area (Å²) < 4.78 is 0. The molecule has 0 aromatic heterocycles. The van der Waals surface area contributed by atoms with Crippen molar-refractivity contribution in [3.05, 3.63) is 35.9 Å². The molecule has 2 atom stereocenters. The molecule has 0 spiro atoms. The van der Waals surface area contributed by atoms with E-state index in [2.05, 4.69) is 5.32 Å². The molecule has 0 radical (unpaired) electrons. The molecule has 1 aromatic carbocycles. The summed E-state index contributed by atoms with van der Waals surface area (Å²) in [5, 5.41) is 13.1. The lowest BCUT2D eigenvalue weighted by Crippen LogP contribution is -2.38. The van der Waals surface area contributed by atoms with Crippen LogP contribution in [0.3, 0.4) is 0 Å². The van der Waals surface area contributed by atoms with Gasteiger partial charge in [-0.25, -0.2) is 0 Å². The molecule has 1 aliphatic rings. The Hall–Kier alpha value is -1.39. The Morgan fingerprint density at radius 3 is 2.76 bits per heavy atom. The van der Waals surface area contributed by atoms with E-state index in [-0.39, 0.29) is 11.9 Å². The Morgan fingerprint density at radius 2 is 2.18 bits per heavy atom. The van der Waals surface area contributed by atoms with E-state index in [1.165, 1.54) is 0 Å². The van der Waals surface area contributed by atoms with Gasteiger partial charge in [0.1, 0.15) is 0 Å². The molecule has 0 bridgehead atoms. The zero-order valence-corrected chi connectivity index (χ0v) is 9.97. The standard InChI is InChI=1S/C13H18N2O2/c1-15-8-7-11(13(15)17)14-9-12(16)10-5-3-2-4-6-10/h2-6,11-12,14,16H,7-9H2,1H3. The van der Waals surface area contributed by atoms with E-state index in [9.17, 15) is 9.90 Å². The van der Waals surface area contributed by atoms with Crippen molar-refractivity contribution in [1.29, 1.82) is 0 Å². The highest BCUT2D eigenvalue weighted by molar-refractivity contribution is 5.83. The van der Waals surface area contributed by atoms with E-state index in [1.807, 2.05) is 30.3 Å². The Labute approximate surface area is 101 Å². The van der Waals surface area contributed by atoms with Gasteiger partial charge in [-0.05, 0) is 12.0 Å². The first kappa shape index (κ1) is 12.1. The number of amides is 1. The van der Waals surface area contributed by atoms with Gasteiger partial charge >= 0.3 is 0 Å². The summed E-state index contributed by atoms with van der Waals surface area (Å²) in [7, 11) is 1.80. The number of likely N-dealkylation sites (N-methyl/N-ethyl adjacent to an activating group) is 1. The van der Waals surface area contributed by atoms with Crippen molar-refractivity contribution < 1.29 is 9.90 Å². The van der Waals surface area contributed by atoms with Gasteiger partial charge in [0.05, 0.1) is 12.1 Å². The zero-order chi connectivity index (χ0) is 12.3. The van der Waals surface area contributed by atoms with Crippen LogP contribution in [0.2, 0.25) is 0 Å². The van der Waals surface area contributed by atoms with Crippen molar-refractivity contribution in [3.63, 3.8) is 0 Å². The number of carbonyl (C=O) groups is 1. The molecule has 1 saturated heterocycles. The van der Waals surface area contributed by atoms with Crippen LogP contribution in [-0.2, 0) is 4.79 Å². The van der Waals surface area contributed by atoms with Crippen LogP contribution >= 0.6 is 0 Å². The summed E-state index contributed by atoms with van der Waals surface area (Å²) in [6.07, 6.45) is 0.256. The summed E-state index contributed by atoms with van der Waals surface area (Å²) >= 11 is 0. The van der Waals surface area contributed by atoms with E-state index in [1.54, 1.807) is 11.9 Å². The van der Waals surface area contributed by atoms with Gasteiger partial charge in [-0.2, -0.15) is 0 Å². The predicted octanol–water partition coefficient (Wildman–Crippen LogP) is 0.540. The maximum Gasteiger partial charge on any atom is 0.239 e. The van der Waals surface area contributed by atoms with Crippen molar-refractivity contribution in [2.24, 2.45) is 0 Å². The number of hydrogen-bond donors (Lipinski definition) is 2. The molecule has 2 rings (SSSR count). The SMILES string of the molecule is CN1CCC(NCC(O)c2ccccc2)C1=O. The fourth-order valence-electron chi connectivity index (χ4n) is 2.06. The third-order valence-corrected chi connectivity index (χ3v) is 3.17. The highest BCUT2D eigenvalue weighted by Gasteiger charge is 2.28. The second kappa shape index (κ2) is 5.29. The minimum Gasteiger partial charge on any atom is -0.387 e. The summed E-state index contributed by atoms with van der Waals surface area (Å²) in [6.45, 7) is 1.20. The number of hydrogen-bond acceptors (Lipinski definition) is 3. The molecule has 4 nitrogen and oxygen atoms in total. The molecule has 2 N–H and O–H groups in total. The molecule has 0 aliphatic carbocycles. The maximum atomic E-state index is 11.6. The minimum absolute atomic E-state index is 0.116. The van der Waals surface area contributed by atoms with Crippen LogP contribution in [0, 0.1) is 0 Å². The second-order valence-corrected chi connectivity index (χ2v) is 4.44. The number of rotatable bonds is 4. The quantitative estimate of drug-likeness (QED) is 0.799. The Kier molecular flexibility index (Phi) is 3.76. The van der Waals surface area contributed by atoms with Crippen molar-refractivity contribution in [2.45, 2.75) is 18.6 Å². The Morgan fingerprint density at radius 1 is 1.47 bits per heavy atom. The zero-order valence-electron chi connectivity index (χ0n) is 9.97. The largest absolute Gasteiger partial charge is 0.387 e. The van der Waals surface area contributed by atoms with Crippen LogP contribution in [0.15, 0.2) is 30.3 Å². The molecule has 1 aliphatic heterocycles. The number of carbonyl (C=O) groups excluding carboxylic acids is 1. The van der Waals surface area contributed by atoms with Gasteiger partial charge in [0.2, 0.25) is 5.91 Å². The number of aliphatic hydroxyl groups excluding tert-OH is 1. The van der Waals surface area contributed by atoms with Crippen LogP contribution in [0.25, 0.3) is 0 Å². The fourth-order valence-corrected chi connectivity index (χ4v) is 2.06. The van der Waals surface area contributed by atoms with Gasteiger partial charge in [0.25, 0.3) is 0 Å². The molecule has 0 saturated carbocycles. The topological polar surface area (TPSA) is 52.6 Å². The van der Waals surface area contributed by atoms with E-state index in [4.69, 9.17) is 0 Å². The average Bonchev–Trinajstić information content (AvgIpc) is 2.68. The first-order chi connectivity index (χ1) is 8.18. The number of likely N-dealkylation sites (tertiary alicyclic amines) is 1. The smallest absolute Gasteiger partial charge is 0.239 e. The van der Waals surface area contributed by atoms with Crippen LogP contribution in [0.4, 0.5) is 0 Å². The van der Waals surface area contributed by atoms with Crippen molar-refractivity contribution in [1.82, 2.24) is 10.2 Å². The predicted molar refractivity (Wildman–Crippen MR) is 65.4 cm³/mol. The Bertz CT molecular complexity index is 380. The molecule has 1 aromatic rings. The fraction of sp³-hybridized carbons (Fsp3) is 0.462. The molecule has 1 fully saturated rings. The van der Waals surface area contributed by atoms with Crippen LogP contribution < -0.4 is 5.32 Å². The van der Waals surface area contributed by atoms with Gasteiger partial charge in [0.15, 0.2) is 0 Å². The summed E-state index contributed by atoms with van der Waals surface area (Å²) in [4.78, 5) is 13.4. The molecule has 1 heterocycles. The third-order valence-electron chi connectivity index (χ3n) is 3.17. The molecule has 1 amide bonds. The van der Waals surface area contributed by atoms with Gasteiger partial charge < -0.3 is 15.3 Å². The normalized spacial score (nSPS) is 21.9. The molecule has 17 heavy (non-hydrogen) atoms. The molecular formula is C13H18N2O2. The lowest BCUT2D eigenvalue weighted by Gasteiger charge is -2.16. The van der Waals surface area contributed by atoms with E-state index in [0.29, 0.717) is 6.54 Å². The van der Waals surface area contributed by atoms with Crippen molar-refractivity contribution in [3.8, 4) is 0 Å². The molecule has 92 valence electrons. The highest BCUT2D eigenvalue weighted by atomic mass is 16.3. The lowest BCUT2D eigenvalue weighted by atomic mass is 10.1. The number of aliphatic hydroxyl groups is 1. The summed E-state index contributed by atoms with van der Waals surface area (Å²) in [6, 6.07) is 9.33. The van der Waals surface area contributed by atoms with Crippen LogP contribution in [0.5, 0.6) is 0 Å². The van der Waals surface area contributed by atoms with E-state index < -0.39 is 6.10 Å². The molecule has 2 unspecified atom stereocenters. The number of nitrogens with zero attached hydrogens (tertiary/aromatic N) is 1. The lowest BCUT2D eigenvalue weighted by molar-refractivity contribution is -0.128. The number of benzene rings is 1. The van der Waals surface area contributed by atoms with Crippen molar-refractivity contribution >= 4 is 5.91 Å².